The average molecular weight is 292 g/mol. The predicted octanol–water partition coefficient (Wildman–Crippen LogP) is 0.0368. The van der Waals surface area contributed by atoms with Gasteiger partial charge < -0.3 is 4.74 Å². The zero-order valence-corrected chi connectivity index (χ0v) is 11.4. The standard InChI is InChI=1S/C10H12O6S2/c1-16-10(11)7-18(14,15)9-5-3-8(4-6-9)17(2,12)13/h3-6H,7H2,1-2H3. The molecule has 100 valence electrons. The first-order valence-corrected chi connectivity index (χ1v) is 8.31. The molecule has 0 aromatic heterocycles. The summed E-state index contributed by atoms with van der Waals surface area (Å²) in [5, 5.41) is 0. The van der Waals surface area contributed by atoms with E-state index >= 15 is 0 Å². The lowest BCUT2D eigenvalue weighted by Gasteiger charge is -2.04. The number of sulfone groups is 2. The van der Waals surface area contributed by atoms with Gasteiger partial charge in [0.05, 0.1) is 16.9 Å². The molecule has 0 aliphatic heterocycles. The molecule has 0 saturated heterocycles. The van der Waals surface area contributed by atoms with Gasteiger partial charge in [-0.05, 0) is 24.3 Å². The molecule has 0 saturated carbocycles. The molecule has 0 heterocycles. The third-order valence-corrected chi connectivity index (χ3v) is 4.88. The molecule has 0 atom stereocenters. The fourth-order valence-electron chi connectivity index (χ4n) is 1.19. The summed E-state index contributed by atoms with van der Waals surface area (Å²) in [6, 6.07) is 4.66. The topological polar surface area (TPSA) is 94.6 Å². The number of methoxy groups -OCH3 is 1. The van der Waals surface area contributed by atoms with Crippen molar-refractivity contribution in [3.8, 4) is 0 Å². The summed E-state index contributed by atoms with van der Waals surface area (Å²) in [6.45, 7) is 0. The lowest BCUT2D eigenvalue weighted by atomic mass is 10.4. The number of benzene rings is 1. The monoisotopic (exact) mass is 292 g/mol. The van der Waals surface area contributed by atoms with Gasteiger partial charge in [0.25, 0.3) is 0 Å². The van der Waals surface area contributed by atoms with Crippen LogP contribution in [0, 0.1) is 0 Å². The van der Waals surface area contributed by atoms with E-state index in [0.717, 1.165) is 25.5 Å². The maximum atomic E-state index is 11.7. The quantitative estimate of drug-likeness (QED) is 0.727. The molecule has 1 rings (SSSR count). The molecular weight excluding hydrogens is 280 g/mol. The third kappa shape index (κ3) is 3.54. The van der Waals surface area contributed by atoms with Crippen molar-refractivity contribution in [2.75, 3.05) is 19.1 Å². The van der Waals surface area contributed by atoms with Gasteiger partial charge in [0, 0.05) is 6.26 Å². The van der Waals surface area contributed by atoms with Gasteiger partial charge >= 0.3 is 5.97 Å². The van der Waals surface area contributed by atoms with Crippen LogP contribution in [-0.4, -0.2) is 41.9 Å². The average Bonchev–Trinajstić information content (AvgIpc) is 2.27. The third-order valence-electron chi connectivity index (χ3n) is 2.15. The van der Waals surface area contributed by atoms with E-state index in [2.05, 4.69) is 4.74 Å². The van der Waals surface area contributed by atoms with Gasteiger partial charge in [-0.15, -0.1) is 0 Å². The van der Waals surface area contributed by atoms with Crippen LogP contribution >= 0.6 is 0 Å². The van der Waals surface area contributed by atoms with Crippen LogP contribution in [-0.2, 0) is 29.2 Å². The van der Waals surface area contributed by atoms with Gasteiger partial charge in [-0.1, -0.05) is 0 Å². The number of hydrogen-bond donors (Lipinski definition) is 0. The molecule has 0 N–H and O–H groups in total. The maximum Gasteiger partial charge on any atom is 0.321 e. The maximum absolute atomic E-state index is 11.7. The van der Waals surface area contributed by atoms with Crippen molar-refractivity contribution in [3.05, 3.63) is 24.3 Å². The molecule has 0 spiro atoms. The van der Waals surface area contributed by atoms with Crippen molar-refractivity contribution in [2.45, 2.75) is 9.79 Å². The highest BCUT2D eigenvalue weighted by atomic mass is 32.2. The van der Waals surface area contributed by atoms with E-state index in [0.29, 0.717) is 0 Å². The van der Waals surface area contributed by atoms with E-state index in [9.17, 15) is 21.6 Å². The predicted molar refractivity (Wildman–Crippen MR) is 63.6 cm³/mol. The molecule has 0 amide bonds. The van der Waals surface area contributed by atoms with E-state index < -0.39 is 31.4 Å². The number of ether oxygens (including phenoxy) is 1. The fourth-order valence-corrected chi connectivity index (χ4v) is 2.97. The lowest BCUT2D eigenvalue weighted by Crippen LogP contribution is -2.17. The second-order valence-corrected chi connectivity index (χ2v) is 7.58. The number of hydrogen-bond acceptors (Lipinski definition) is 6. The normalized spacial score (nSPS) is 12.1. The largest absolute Gasteiger partial charge is 0.468 e. The second kappa shape index (κ2) is 5.07. The highest BCUT2D eigenvalue weighted by Crippen LogP contribution is 2.15. The van der Waals surface area contributed by atoms with Crippen LogP contribution in [0.25, 0.3) is 0 Å². The molecule has 0 aliphatic rings. The molecule has 1 aromatic carbocycles. The Kier molecular flexibility index (Phi) is 4.12. The van der Waals surface area contributed by atoms with Gasteiger partial charge in [-0.2, -0.15) is 0 Å². The van der Waals surface area contributed by atoms with Crippen LogP contribution in [0.2, 0.25) is 0 Å². The summed E-state index contributed by atoms with van der Waals surface area (Å²) in [4.78, 5) is 10.8. The molecule has 0 radical (unpaired) electrons. The highest BCUT2D eigenvalue weighted by molar-refractivity contribution is 7.92. The van der Waals surface area contributed by atoms with Crippen molar-refractivity contribution in [3.63, 3.8) is 0 Å². The van der Waals surface area contributed by atoms with Gasteiger partial charge in [0.2, 0.25) is 0 Å². The highest BCUT2D eigenvalue weighted by Gasteiger charge is 2.20. The summed E-state index contributed by atoms with van der Waals surface area (Å²) in [7, 11) is -6.09. The Hall–Kier alpha value is -1.41. The van der Waals surface area contributed by atoms with Crippen molar-refractivity contribution < 1.29 is 26.4 Å². The van der Waals surface area contributed by atoms with Gasteiger partial charge in [0.15, 0.2) is 25.4 Å². The first-order chi connectivity index (χ1) is 8.16. The minimum absolute atomic E-state index is 0.0134. The Labute approximate surface area is 105 Å². The second-order valence-electron chi connectivity index (χ2n) is 3.58. The Bertz CT molecular complexity index is 640. The van der Waals surface area contributed by atoms with Crippen LogP contribution in [0.5, 0.6) is 0 Å². The SMILES string of the molecule is COC(=O)CS(=O)(=O)c1ccc(S(C)(=O)=O)cc1. The Balaban J connectivity index is 3.09. The van der Waals surface area contributed by atoms with Gasteiger partial charge in [0.1, 0.15) is 0 Å². The van der Waals surface area contributed by atoms with E-state index in [-0.39, 0.29) is 9.79 Å². The molecular formula is C10H12O6S2. The summed E-state index contributed by atoms with van der Waals surface area (Å²) >= 11 is 0. The minimum atomic E-state index is -3.80. The lowest BCUT2D eigenvalue weighted by molar-refractivity contribution is -0.137. The Morgan fingerprint density at radius 2 is 1.50 bits per heavy atom. The Morgan fingerprint density at radius 1 is 1.06 bits per heavy atom. The first kappa shape index (κ1) is 14.7. The molecule has 0 aliphatic carbocycles. The smallest absolute Gasteiger partial charge is 0.321 e. The minimum Gasteiger partial charge on any atom is -0.468 e. The molecule has 18 heavy (non-hydrogen) atoms. The molecule has 0 unspecified atom stereocenters. The van der Waals surface area contributed by atoms with Crippen molar-refractivity contribution in [1.29, 1.82) is 0 Å². The van der Waals surface area contributed by atoms with Crippen molar-refractivity contribution >= 4 is 25.6 Å². The Morgan fingerprint density at radius 3 is 1.89 bits per heavy atom. The van der Waals surface area contributed by atoms with Crippen LogP contribution < -0.4 is 0 Å². The van der Waals surface area contributed by atoms with E-state index in [1.165, 1.54) is 12.1 Å². The zero-order valence-electron chi connectivity index (χ0n) is 9.78. The number of carbonyl (C=O) groups excluding carboxylic acids is 1. The van der Waals surface area contributed by atoms with Gasteiger partial charge in [-0.3, -0.25) is 4.79 Å². The molecule has 8 heteroatoms. The molecule has 0 bridgehead atoms. The number of carbonyl (C=O) groups is 1. The summed E-state index contributed by atoms with van der Waals surface area (Å²) in [5.74, 6) is -1.65. The zero-order chi connectivity index (χ0) is 14.0. The fraction of sp³-hybridized carbons (Fsp3) is 0.300. The van der Waals surface area contributed by atoms with E-state index in [4.69, 9.17) is 0 Å². The van der Waals surface area contributed by atoms with Crippen LogP contribution in [0.3, 0.4) is 0 Å². The van der Waals surface area contributed by atoms with E-state index in [1.54, 1.807) is 0 Å². The number of rotatable bonds is 4. The summed E-state index contributed by atoms with van der Waals surface area (Å²) in [6.07, 6.45) is 1.02. The summed E-state index contributed by atoms with van der Waals surface area (Å²) in [5.41, 5.74) is 0. The molecule has 0 fully saturated rings. The molecule has 6 nitrogen and oxygen atoms in total. The summed E-state index contributed by atoms with van der Waals surface area (Å²) < 4.78 is 50.1. The number of esters is 1. The van der Waals surface area contributed by atoms with Crippen LogP contribution in [0.1, 0.15) is 0 Å². The van der Waals surface area contributed by atoms with Gasteiger partial charge in [-0.25, -0.2) is 16.8 Å². The van der Waals surface area contributed by atoms with Crippen LogP contribution in [0.4, 0.5) is 0 Å². The molecule has 1 aromatic rings. The van der Waals surface area contributed by atoms with Crippen molar-refractivity contribution in [2.24, 2.45) is 0 Å². The first-order valence-electron chi connectivity index (χ1n) is 4.76. The van der Waals surface area contributed by atoms with Crippen molar-refractivity contribution in [1.82, 2.24) is 0 Å². The van der Waals surface area contributed by atoms with E-state index in [1.807, 2.05) is 0 Å². The van der Waals surface area contributed by atoms with Crippen LogP contribution in [0.15, 0.2) is 34.1 Å².